The van der Waals surface area contributed by atoms with Gasteiger partial charge in [-0.2, -0.15) is 0 Å². The fraction of sp³-hybridized carbons (Fsp3) is 0.286. The number of fused-ring (bicyclic) bond motifs is 1. The van der Waals surface area contributed by atoms with Crippen molar-refractivity contribution in [3.8, 4) is 0 Å². The average Bonchev–Trinajstić information content (AvgIpc) is 2.94. The summed E-state index contributed by atoms with van der Waals surface area (Å²) < 4.78 is 0. The zero-order valence-electron chi connectivity index (χ0n) is 15.7. The lowest BCUT2D eigenvalue weighted by Gasteiger charge is -2.27. The van der Waals surface area contributed by atoms with E-state index in [0.717, 1.165) is 17.7 Å². The first-order chi connectivity index (χ1) is 12.9. The van der Waals surface area contributed by atoms with E-state index in [-0.39, 0.29) is 30.3 Å². The molecule has 1 aliphatic rings. The number of hydrogen-bond acceptors (Lipinski definition) is 3. The van der Waals surface area contributed by atoms with Crippen molar-refractivity contribution in [2.75, 3.05) is 21.7 Å². The average molecular weight is 365 g/mol. The number of nitrogens with zero attached hydrogens (tertiary/aromatic N) is 2. The topological polar surface area (TPSA) is 69.7 Å². The maximum absolute atomic E-state index is 13.0. The summed E-state index contributed by atoms with van der Waals surface area (Å²) in [6.45, 7) is 4.80. The Morgan fingerprint density at radius 3 is 2.56 bits per heavy atom. The highest BCUT2D eigenvalue weighted by molar-refractivity contribution is 6.04. The summed E-state index contributed by atoms with van der Waals surface area (Å²) in [5, 5.41) is 2.70. The van der Waals surface area contributed by atoms with Gasteiger partial charge >= 0.3 is 0 Å². The van der Waals surface area contributed by atoms with Crippen LogP contribution in [-0.4, -0.2) is 30.3 Å². The number of amides is 3. The van der Waals surface area contributed by atoms with E-state index in [4.69, 9.17) is 0 Å². The molecular formula is C21H23N3O3. The Balaban J connectivity index is 1.84. The van der Waals surface area contributed by atoms with Crippen LogP contribution in [0.2, 0.25) is 0 Å². The molecule has 0 spiro atoms. The third kappa shape index (κ3) is 4.00. The van der Waals surface area contributed by atoms with Gasteiger partial charge in [-0.1, -0.05) is 24.3 Å². The van der Waals surface area contributed by atoms with Gasteiger partial charge in [0.1, 0.15) is 6.54 Å². The lowest BCUT2D eigenvalue weighted by atomic mass is 10.1. The van der Waals surface area contributed by atoms with Gasteiger partial charge in [0, 0.05) is 37.0 Å². The second-order valence-electron chi connectivity index (χ2n) is 6.78. The zero-order valence-corrected chi connectivity index (χ0v) is 15.7. The Morgan fingerprint density at radius 1 is 1.11 bits per heavy atom. The quantitative estimate of drug-likeness (QED) is 0.906. The maximum Gasteiger partial charge on any atom is 0.247 e. The van der Waals surface area contributed by atoms with Crippen LogP contribution in [0.3, 0.4) is 0 Å². The molecule has 1 aliphatic heterocycles. The van der Waals surface area contributed by atoms with Crippen LogP contribution in [0.4, 0.5) is 17.1 Å². The van der Waals surface area contributed by atoms with E-state index in [0.29, 0.717) is 11.4 Å². The number of hydrogen-bond donors (Lipinski definition) is 1. The van der Waals surface area contributed by atoms with Gasteiger partial charge < -0.3 is 15.1 Å². The van der Waals surface area contributed by atoms with E-state index >= 15 is 0 Å². The molecule has 0 saturated carbocycles. The number of anilines is 3. The van der Waals surface area contributed by atoms with E-state index in [2.05, 4.69) is 5.32 Å². The first-order valence-electron chi connectivity index (χ1n) is 8.92. The van der Waals surface area contributed by atoms with Crippen LogP contribution >= 0.6 is 0 Å². The Bertz CT molecular complexity index is 894. The second-order valence-corrected chi connectivity index (χ2v) is 6.78. The standard InChI is InChI=1S/C21H23N3O3/c1-14-11-17-7-4-5-10-20(17)24(14)21(27)13-23(16(3)26)19-9-6-8-18(12-19)22-15(2)25/h4-10,12,14H,11,13H2,1-3H3,(H,22,25). The summed E-state index contributed by atoms with van der Waals surface area (Å²) in [4.78, 5) is 39.7. The molecule has 3 rings (SSSR count). The minimum Gasteiger partial charge on any atom is -0.326 e. The number of carbonyl (C=O) groups is 3. The molecule has 1 heterocycles. The Hall–Kier alpha value is -3.15. The van der Waals surface area contributed by atoms with E-state index in [1.165, 1.54) is 18.7 Å². The molecule has 3 amide bonds. The summed E-state index contributed by atoms with van der Waals surface area (Å²) in [7, 11) is 0. The molecule has 27 heavy (non-hydrogen) atoms. The van der Waals surface area contributed by atoms with Crippen molar-refractivity contribution in [1.29, 1.82) is 0 Å². The van der Waals surface area contributed by atoms with Crippen molar-refractivity contribution in [2.24, 2.45) is 0 Å². The van der Waals surface area contributed by atoms with E-state index in [9.17, 15) is 14.4 Å². The number of carbonyl (C=O) groups excluding carboxylic acids is 3. The predicted molar refractivity (Wildman–Crippen MR) is 106 cm³/mol. The van der Waals surface area contributed by atoms with Crippen LogP contribution in [-0.2, 0) is 20.8 Å². The number of para-hydroxylation sites is 1. The summed E-state index contributed by atoms with van der Waals surface area (Å²) in [6.07, 6.45) is 0.806. The molecule has 6 nitrogen and oxygen atoms in total. The highest BCUT2D eigenvalue weighted by Gasteiger charge is 2.32. The Labute approximate surface area is 158 Å². The van der Waals surface area contributed by atoms with Gasteiger partial charge in [0.2, 0.25) is 17.7 Å². The third-order valence-electron chi connectivity index (χ3n) is 4.63. The molecule has 0 bridgehead atoms. The molecule has 0 saturated heterocycles. The van der Waals surface area contributed by atoms with Crippen molar-refractivity contribution < 1.29 is 14.4 Å². The van der Waals surface area contributed by atoms with Crippen LogP contribution in [0.15, 0.2) is 48.5 Å². The first-order valence-corrected chi connectivity index (χ1v) is 8.92. The fourth-order valence-corrected chi connectivity index (χ4v) is 3.50. The molecule has 2 aromatic carbocycles. The lowest BCUT2D eigenvalue weighted by Crippen LogP contribution is -2.44. The molecule has 1 atom stereocenters. The van der Waals surface area contributed by atoms with Crippen molar-refractivity contribution in [1.82, 2.24) is 0 Å². The highest BCUT2D eigenvalue weighted by Crippen LogP contribution is 2.32. The fourth-order valence-electron chi connectivity index (χ4n) is 3.50. The highest BCUT2D eigenvalue weighted by atomic mass is 16.2. The van der Waals surface area contributed by atoms with Gasteiger partial charge in [-0.25, -0.2) is 0 Å². The SMILES string of the molecule is CC(=O)Nc1cccc(N(CC(=O)N2c3ccccc3CC2C)C(C)=O)c1. The van der Waals surface area contributed by atoms with E-state index in [1.807, 2.05) is 31.2 Å². The molecular weight excluding hydrogens is 342 g/mol. The largest absolute Gasteiger partial charge is 0.326 e. The summed E-state index contributed by atoms with van der Waals surface area (Å²) in [5.41, 5.74) is 3.20. The normalized spacial score (nSPS) is 15.2. The van der Waals surface area contributed by atoms with Gasteiger partial charge in [0.25, 0.3) is 0 Å². The van der Waals surface area contributed by atoms with Crippen LogP contribution in [0.1, 0.15) is 26.3 Å². The molecule has 140 valence electrons. The van der Waals surface area contributed by atoms with Gasteiger partial charge in [-0.3, -0.25) is 14.4 Å². The van der Waals surface area contributed by atoms with Crippen molar-refractivity contribution in [3.05, 3.63) is 54.1 Å². The summed E-state index contributed by atoms with van der Waals surface area (Å²) in [6, 6.07) is 14.8. The van der Waals surface area contributed by atoms with Crippen molar-refractivity contribution in [2.45, 2.75) is 33.2 Å². The number of rotatable bonds is 4. The maximum atomic E-state index is 13.0. The van der Waals surface area contributed by atoms with Gasteiger partial charge in [0.15, 0.2) is 0 Å². The molecule has 1 N–H and O–H groups in total. The predicted octanol–water partition coefficient (Wildman–Crippen LogP) is 2.98. The summed E-state index contributed by atoms with van der Waals surface area (Å²) in [5.74, 6) is -0.559. The molecule has 0 aromatic heterocycles. The van der Waals surface area contributed by atoms with Crippen LogP contribution < -0.4 is 15.1 Å². The molecule has 0 radical (unpaired) electrons. The molecule has 2 aromatic rings. The zero-order chi connectivity index (χ0) is 19.6. The van der Waals surface area contributed by atoms with Gasteiger partial charge in [-0.05, 0) is 43.2 Å². The van der Waals surface area contributed by atoms with Gasteiger partial charge in [0.05, 0.1) is 0 Å². The number of nitrogens with one attached hydrogen (secondary N) is 1. The molecule has 6 heteroatoms. The second kappa shape index (κ2) is 7.61. The first kappa shape index (κ1) is 18.6. The molecule has 0 fully saturated rings. The lowest BCUT2D eigenvalue weighted by molar-refractivity contribution is -0.121. The molecule has 1 unspecified atom stereocenters. The monoisotopic (exact) mass is 365 g/mol. The van der Waals surface area contributed by atoms with Crippen LogP contribution in [0, 0.1) is 0 Å². The minimum atomic E-state index is -0.233. The van der Waals surface area contributed by atoms with Crippen LogP contribution in [0.5, 0.6) is 0 Å². The van der Waals surface area contributed by atoms with E-state index in [1.54, 1.807) is 29.2 Å². The Kier molecular flexibility index (Phi) is 5.26. The minimum absolute atomic E-state index is 0.0504. The van der Waals surface area contributed by atoms with Crippen molar-refractivity contribution in [3.63, 3.8) is 0 Å². The smallest absolute Gasteiger partial charge is 0.247 e. The van der Waals surface area contributed by atoms with Crippen LogP contribution in [0.25, 0.3) is 0 Å². The number of benzene rings is 2. The summed E-state index contributed by atoms with van der Waals surface area (Å²) >= 11 is 0. The third-order valence-corrected chi connectivity index (χ3v) is 4.63. The molecule has 0 aliphatic carbocycles. The van der Waals surface area contributed by atoms with Gasteiger partial charge in [-0.15, -0.1) is 0 Å². The van der Waals surface area contributed by atoms with Crippen molar-refractivity contribution >= 4 is 34.8 Å². The van der Waals surface area contributed by atoms with E-state index < -0.39 is 0 Å². The Morgan fingerprint density at radius 2 is 1.85 bits per heavy atom.